The predicted octanol–water partition coefficient (Wildman–Crippen LogP) is 1.33. The molecule has 6 nitrogen and oxygen atoms in total. The standard InChI is InChI=1S/C13H13FN2O4S/c14-11-4-1-5-12(10(11)8-15)21(19,20)16-6-2-3-9(16)7-13(17)18/h1,4-5,9H,2-3,6-7H2,(H,17,18). The molecule has 1 atom stereocenters. The number of rotatable bonds is 4. The Morgan fingerprint density at radius 1 is 1.52 bits per heavy atom. The van der Waals surface area contributed by atoms with Crippen LogP contribution in [0.2, 0.25) is 0 Å². The number of carboxylic acids is 1. The third-order valence-electron chi connectivity index (χ3n) is 3.41. The number of sulfonamides is 1. The second kappa shape index (κ2) is 5.79. The molecule has 112 valence electrons. The van der Waals surface area contributed by atoms with Crippen molar-refractivity contribution >= 4 is 16.0 Å². The zero-order valence-corrected chi connectivity index (χ0v) is 11.8. The number of carbonyl (C=O) groups is 1. The van der Waals surface area contributed by atoms with Crippen LogP contribution < -0.4 is 0 Å². The lowest BCUT2D eigenvalue weighted by Crippen LogP contribution is -2.37. The first-order valence-electron chi connectivity index (χ1n) is 6.30. The van der Waals surface area contributed by atoms with Gasteiger partial charge in [-0.15, -0.1) is 0 Å². The average molecular weight is 312 g/mol. The fraction of sp³-hybridized carbons (Fsp3) is 0.385. The molecule has 2 rings (SSSR count). The number of hydrogen-bond donors (Lipinski definition) is 1. The molecule has 0 bridgehead atoms. The van der Waals surface area contributed by atoms with Gasteiger partial charge >= 0.3 is 5.97 Å². The summed E-state index contributed by atoms with van der Waals surface area (Å²) in [5, 5.41) is 17.8. The van der Waals surface area contributed by atoms with Crippen LogP contribution in [0.15, 0.2) is 23.1 Å². The molecule has 1 fully saturated rings. The summed E-state index contributed by atoms with van der Waals surface area (Å²) in [4.78, 5) is 10.4. The van der Waals surface area contributed by atoms with Gasteiger partial charge in [0.1, 0.15) is 22.3 Å². The molecule has 1 aromatic carbocycles. The van der Waals surface area contributed by atoms with E-state index < -0.39 is 38.3 Å². The first kappa shape index (κ1) is 15.4. The van der Waals surface area contributed by atoms with Crippen LogP contribution in [0.4, 0.5) is 4.39 Å². The Morgan fingerprint density at radius 2 is 2.24 bits per heavy atom. The molecule has 1 saturated heterocycles. The van der Waals surface area contributed by atoms with Crippen molar-refractivity contribution < 1.29 is 22.7 Å². The molecule has 0 aliphatic carbocycles. The predicted molar refractivity (Wildman–Crippen MR) is 70.3 cm³/mol. The number of halogens is 1. The molecule has 1 aromatic rings. The van der Waals surface area contributed by atoms with Crippen molar-refractivity contribution in [3.63, 3.8) is 0 Å². The van der Waals surface area contributed by atoms with Crippen molar-refractivity contribution in [2.75, 3.05) is 6.54 Å². The lowest BCUT2D eigenvalue weighted by Gasteiger charge is -2.23. The number of aliphatic carboxylic acids is 1. The van der Waals surface area contributed by atoms with Crippen LogP contribution in [0.25, 0.3) is 0 Å². The Hall–Kier alpha value is -1.98. The summed E-state index contributed by atoms with van der Waals surface area (Å²) in [6, 6.07) is 4.27. The molecule has 8 heteroatoms. The molecule has 21 heavy (non-hydrogen) atoms. The van der Waals surface area contributed by atoms with E-state index in [1.165, 1.54) is 6.07 Å². The molecule has 1 N–H and O–H groups in total. The fourth-order valence-corrected chi connectivity index (χ4v) is 4.33. The van der Waals surface area contributed by atoms with E-state index in [0.29, 0.717) is 12.8 Å². The Labute approximate surface area is 121 Å². The van der Waals surface area contributed by atoms with Crippen molar-refractivity contribution in [1.29, 1.82) is 5.26 Å². The number of nitriles is 1. The second-order valence-corrected chi connectivity index (χ2v) is 6.59. The van der Waals surface area contributed by atoms with Crippen molar-refractivity contribution in [3.05, 3.63) is 29.6 Å². The minimum Gasteiger partial charge on any atom is -0.481 e. The van der Waals surface area contributed by atoms with Crippen molar-refractivity contribution in [2.45, 2.75) is 30.2 Å². The number of nitrogens with zero attached hydrogens (tertiary/aromatic N) is 2. The lowest BCUT2D eigenvalue weighted by molar-refractivity contribution is -0.137. The van der Waals surface area contributed by atoms with E-state index in [-0.39, 0.29) is 13.0 Å². The minimum atomic E-state index is -4.09. The zero-order valence-electron chi connectivity index (χ0n) is 11.0. The highest BCUT2D eigenvalue weighted by Crippen LogP contribution is 2.30. The SMILES string of the molecule is N#Cc1c(F)cccc1S(=O)(=O)N1CCCC1CC(=O)O. The van der Waals surface area contributed by atoms with Gasteiger partial charge in [0.25, 0.3) is 0 Å². The van der Waals surface area contributed by atoms with E-state index in [2.05, 4.69) is 0 Å². The van der Waals surface area contributed by atoms with Crippen LogP contribution in [-0.4, -0.2) is 36.4 Å². The maximum atomic E-state index is 13.6. The summed E-state index contributed by atoms with van der Waals surface area (Å²) in [5.41, 5.74) is -0.543. The van der Waals surface area contributed by atoms with Gasteiger partial charge in [-0.3, -0.25) is 4.79 Å². The third kappa shape index (κ3) is 2.89. The third-order valence-corrected chi connectivity index (χ3v) is 5.40. The van der Waals surface area contributed by atoms with Gasteiger partial charge in [0.05, 0.1) is 6.42 Å². The lowest BCUT2D eigenvalue weighted by atomic mass is 10.2. The van der Waals surface area contributed by atoms with E-state index in [0.717, 1.165) is 16.4 Å². The second-order valence-electron chi connectivity index (χ2n) is 4.73. The summed E-state index contributed by atoms with van der Waals surface area (Å²) in [6.07, 6.45) is 0.660. The van der Waals surface area contributed by atoms with Gasteiger partial charge in [0, 0.05) is 12.6 Å². The van der Waals surface area contributed by atoms with Gasteiger partial charge in [-0.25, -0.2) is 12.8 Å². The molecule has 0 saturated carbocycles. The first-order chi connectivity index (χ1) is 9.87. The van der Waals surface area contributed by atoms with Gasteiger partial charge in [-0.1, -0.05) is 6.07 Å². The summed E-state index contributed by atoms with van der Waals surface area (Å²) in [5.74, 6) is -2.01. The Bertz CT molecular complexity index is 711. The highest BCUT2D eigenvalue weighted by molar-refractivity contribution is 7.89. The number of hydrogen-bond acceptors (Lipinski definition) is 4. The summed E-state index contributed by atoms with van der Waals surface area (Å²) >= 11 is 0. The van der Waals surface area contributed by atoms with Gasteiger partial charge in [-0.05, 0) is 25.0 Å². The van der Waals surface area contributed by atoms with E-state index in [1.807, 2.05) is 0 Å². The molecule has 1 aliphatic heterocycles. The van der Waals surface area contributed by atoms with Crippen molar-refractivity contribution in [1.82, 2.24) is 4.31 Å². The van der Waals surface area contributed by atoms with Crippen LogP contribution >= 0.6 is 0 Å². The van der Waals surface area contributed by atoms with Gasteiger partial charge in [0.15, 0.2) is 0 Å². The van der Waals surface area contributed by atoms with E-state index in [9.17, 15) is 17.6 Å². The highest BCUT2D eigenvalue weighted by Gasteiger charge is 2.37. The highest BCUT2D eigenvalue weighted by atomic mass is 32.2. The molecule has 0 aromatic heterocycles. The van der Waals surface area contributed by atoms with Gasteiger partial charge in [0.2, 0.25) is 10.0 Å². The molecule has 1 aliphatic rings. The molecule has 0 spiro atoms. The van der Waals surface area contributed by atoms with Crippen molar-refractivity contribution in [3.8, 4) is 6.07 Å². The Balaban J connectivity index is 2.45. The van der Waals surface area contributed by atoms with Crippen LogP contribution in [0.1, 0.15) is 24.8 Å². The molecule has 0 amide bonds. The molecule has 1 heterocycles. The van der Waals surface area contributed by atoms with Crippen molar-refractivity contribution in [2.24, 2.45) is 0 Å². The van der Waals surface area contributed by atoms with Gasteiger partial charge in [-0.2, -0.15) is 9.57 Å². The monoisotopic (exact) mass is 312 g/mol. The minimum absolute atomic E-state index is 0.168. The van der Waals surface area contributed by atoms with Crippen LogP contribution in [0, 0.1) is 17.1 Å². The van der Waals surface area contributed by atoms with Gasteiger partial charge < -0.3 is 5.11 Å². The van der Waals surface area contributed by atoms with Crippen LogP contribution in [0.5, 0.6) is 0 Å². The zero-order chi connectivity index (χ0) is 15.6. The van der Waals surface area contributed by atoms with Crippen LogP contribution in [-0.2, 0) is 14.8 Å². The average Bonchev–Trinajstić information content (AvgIpc) is 2.86. The smallest absolute Gasteiger partial charge is 0.304 e. The number of carboxylic acid groups (broad SMARTS) is 1. The fourth-order valence-electron chi connectivity index (χ4n) is 2.49. The maximum absolute atomic E-state index is 13.6. The van der Waals surface area contributed by atoms with E-state index >= 15 is 0 Å². The summed E-state index contributed by atoms with van der Waals surface area (Å²) < 4.78 is 39.8. The summed E-state index contributed by atoms with van der Waals surface area (Å²) in [7, 11) is -4.09. The van der Waals surface area contributed by atoms with E-state index in [1.54, 1.807) is 6.07 Å². The molecule has 1 unspecified atom stereocenters. The topological polar surface area (TPSA) is 98.5 Å². The maximum Gasteiger partial charge on any atom is 0.304 e. The normalized spacial score (nSPS) is 19.3. The van der Waals surface area contributed by atoms with E-state index in [4.69, 9.17) is 10.4 Å². The largest absolute Gasteiger partial charge is 0.481 e. The first-order valence-corrected chi connectivity index (χ1v) is 7.74. The molecule has 0 radical (unpaired) electrons. The Morgan fingerprint density at radius 3 is 2.86 bits per heavy atom. The molecular formula is C13H13FN2O4S. The molecular weight excluding hydrogens is 299 g/mol. The summed E-state index contributed by atoms with van der Waals surface area (Å²) in [6.45, 7) is 0.168. The quantitative estimate of drug-likeness (QED) is 0.904. The number of benzene rings is 1. The Kier molecular flexibility index (Phi) is 4.25. The van der Waals surface area contributed by atoms with Crippen LogP contribution in [0.3, 0.4) is 0 Å².